The Bertz CT molecular complexity index is 958. The Morgan fingerprint density at radius 2 is 1.74 bits per heavy atom. The number of nitrogens with zero attached hydrogens (tertiary/aromatic N) is 2. The number of esters is 1. The van der Waals surface area contributed by atoms with Crippen molar-refractivity contribution in [3.63, 3.8) is 0 Å². The van der Waals surface area contributed by atoms with Gasteiger partial charge in [-0.3, -0.25) is 14.9 Å². The largest absolute Gasteiger partial charge is 0.456 e. The summed E-state index contributed by atoms with van der Waals surface area (Å²) >= 11 is 0. The predicted molar refractivity (Wildman–Crippen MR) is 117 cm³/mol. The molecule has 7 nitrogen and oxygen atoms in total. The minimum Gasteiger partial charge on any atom is -0.456 e. The number of benzene rings is 2. The van der Waals surface area contributed by atoms with E-state index in [9.17, 15) is 19.7 Å². The molecule has 1 heterocycles. The van der Waals surface area contributed by atoms with E-state index >= 15 is 0 Å². The number of nitro benzene ring substituents is 1. The van der Waals surface area contributed by atoms with E-state index in [2.05, 4.69) is 12.1 Å². The quantitative estimate of drug-likeness (QED) is 0.396. The third kappa shape index (κ3) is 5.90. The highest BCUT2D eigenvalue weighted by Gasteiger charge is 2.29. The lowest BCUT2D eigenvalue weighted by atomic mass is 9.90. The number of hydrogen-bond acceptors (Lipinski definition) is 5. The monoisotopic (exact) mass is 424 g/mol. The molecule has 0 radical (unpaired) electrons. The molecule has 0 aliphatic carbocycles. The predicted octanol–water partition coefficient (Wildman–Crippen LogP) is 4.65. The van der Waals surface area contributed by atoms with Crippen molar-refractivity contribution >= 4 is 17.6 Å². The van der Waals surface area contributed by atoms with Crippen LogP contribution in [-0.2, 0) is 11.2 Å². The molecule has 1 saturated heterocycles. The van der Waals surface area contributed by atoms with Crippen molar-refractivity contribution in [1.82, 2.24) is 4.90 Å². The van der Waals surface area contributed by atoms with Gasteiger partial charge in [0.05, 0.1) is 4.92 Å². The van der Waals surface area contributed by atoms with Gasteiger partial charge in [0.25, 0.3) is 11.6 Å². The molecule has 164 valence electrons. The smallest absolute Gasteiger partial charge is 0.345 e. The van der Waals surface area contributed by atoms with Crippen LogP contribution < -0.4 is 0 Å². The summed E-state index contributed by atoms with van der Waals surface area (Å²) in [6, 6.07) is 14.2. The van der Waals surface area contributed by atoms with Gasteiger partial charge in [0.2, 0.25) is 0 Å². The van der Waals surface area contributed by atoms with Gasteiger partial charge in [-0.2, -0.15) is 0 Å². The SMILES string of the molecule is CC(C)(C)OC(=O)c1cc(C(=O)N2CCC(Cc3ccccc3)CC2)ccc1[N+](=O)[O-]. The average molecular weight is 424 g/mol. The molecule has 1 aliphatic rings. The number of rotatable bonds is 5. The van der Waals surface area contributed by atoms with Gasteiger partial charge in [-0.1, -0.05) is 30.3 Å². The number of nitro groups is 1. The topological polar surface area (TPSA) is 89.8 Å². The fraction of sp³-hybridized carbons (Fsp3) is 0.417. The van der Waals surface area contributed by atoms with E-state index in [4.69, 9.17) is 4.74 Å². The van der Waals surface area contributed by atoms with Gasteiger partial charge in [0.1, 0.15) is 11.2 Å². The minimum absolute atomic E-state index is 0.204. The van der Waals surface area contributed by atoms with Crippen LogP contribution in [0.1, 0.15) is 59.9 Å². The van der Waals surface area contributed by atoms with Crippen molar-refractivity contribution in [1.29, 1.82) is 0 Å². The molecule has 3 rings (SSSR count). The first-order chi connectivity index (χ1) is 14.6. The molecule has 1 fully saturated rings. The molecule has 1 amide bonds. The highest BCUT2D eigenvalue weighted by molar-refractivity contribution is 6.00. The number of likely N-dealkylation sites (tertiary alicyclic amines) is 1. The zero-order chi connectivity index (χ0) is 22.6. The Kier molecular flexibility index (Phi) is 6.73. The number of carbonyl (C=O) groups excluding carboxylic acids is 2. The Labute approximate surface area is 182 Å². The fourth-order valence-corrected chi connectivity index (χ4v) is 3.80. The van der Waals surface area contributed by atoms with Gasteiger partial charge in [0.15, 0.2) is 0 Å². The average Bonchev–Trinajstić information content (AvgIpc) is 2.73. The maximum atomic E-state index is 13.0. The van der Waals surface area contributed by atoms with Gasteiger partial charge in [-0.15, -0.1) is 0 Å². The van der Waals surface area contributed by atoms with Crippen LogP contribution in [0.15, 0.2) is 48.5 Å². The molecule has 0 unspecified atom stereocenters. The lowest BCUT2D eigenvalue weighted by Crippen LogP contribution is -2.39. The molecule has 0 N–H and O–H groups in total. The summed E-state index contributed by atoms with van der Waals surface area (Å²) in [5.41, 5.74) is 0.181. The Hall–Kier alpha value is -3.22. The lowest BCUT2D eigenvalue weighted by Gasteiger charge is -2.32. The van der Waals surface area contributed by atoms with Crippen LogP contribution in [-0.4, -0.2) is 40.4 Å². The van der Waals surface area contributed by atoms with Crippen LogP contribution in [0.3, 0.4) is 0 Å². The number of hydrogen-bond donors (Lipinski definition) is 0. The maximum Gasteiger partial charge on any atom is 0.345 e. The van der Waals surface area contributed by atoms with Crippen LogP contribution in [0, 0.1) is 16.0 Å². The van der Waals surface area contributed by atoms with E-state index in [1.165, 1.54) is 23.8 Å². The first-order valence-corrected chi connectivity index (χ1v) is 10.5. The van der Waals surface area contributed by atoms with Crippen molar-refractivity contribution in [3.05, 3.63) is 75.3 Å². The van der Waals surface area contributed by atoms with Crippen molar-refractivity contribution in [3.8, 4) is 0 Å². The first-order valence-electron chi connectivity index (χ1n) is 10.5. The summed E-state index contributed by atoms with van der Waals surface area (Å²) in [5.74, 6) is -0.520. The molecule has 0 atom stereocenters. The highest BCUT2D eigenvalue weighted by atomic mass is 16.6. The van der Waals surface area contributed by atoms with Gasteiger partial charge in [-0.25, -0.2) is 4.79 Å². The molecular formula is C24H28N2O5. The first kappa shape index (κ1) is 22.5. The maximum absolute atomic E-state index is 13.0. The third-order valence-corrected chi connectivity index (χ3v) is 5.33. The second-order valence-electron chi connectivity index (χ2n) is 8.92. The van der Waals surface area contributed by atoms with E-state index < -0.39 is 16.5 Å². The molecule has 0 saturated carbocycles. The van der Waals surface area contributed by atoms with Crippen molar-refractivity contribution in [2.24, 2.45) is 5.92 Å². The van der Waals surface area contributed by atoms with Crippen molar-refractivity contribution in [2.75, 3.05) is 13.1 Å². The van der Waals surface area contributed by atoms with Crippen LogP contribution >= 0.6 is 0 Å². The summed E-state index contributed by atoms with van der Waals surface area (Å²) in [7, 11) is 0. The molecule has 1 aliphatic heterocycles. The van der Waals surface area contributed by atoms with Crippen molar-refractivity contribution in [2.45, 2.75) is 45.6 Å². The standard InChI is InChI=1S/C24H28N2O5/c1-24(2,3)31-23(28)20-16-19(9-10-21(20)26(29)30)22(27)25-13-11-18(12-14-25)15-17-7-5-4-6-8-17/h4-10,16,18H,11-15H2,1-3H3. The second-order valence-corrected chi connectivity index (χ2v) is 8.92. The Morgan fingerprint density at radius 3 is 2.32 bits per heavy atom. The van der Waals surface area contributed by atoms with Gasteiger partial charge in [-0.05, 0) is 63.6 Å². The molecule has 7 heteroatoms. The number of ether oxygens (including phenoxy) is 1. The van der Waals surface area contributed by atoms with Gasteiger partial charge < -0.3 is 9.64 Å². The number of piperidine rings is 1. The van der Waals surface area contributed by atoms with Crippen LogP contribution in [0.5, 0.6) is 0 Å². The lowest BCUT2D eigenvalue weighted by molar-refractivity contribution is -0.385. The van der Waals surface area contributed by atoms with E-state index in [-0.39, 0.29) is 22.7 Å². The molecule has 2 aromatic rings. The van der Waals surface area contributed by atoms with Gasteiger partial charge in [0, 0.05) is 24.7 Å². The zero-order valence-electron chi connectivity index (χ0n) is 18.2. The zero-order valence-corrected chi connectivity index (χ0v) is 18.2. The molecule has 31 heavy (non-hydrogen) atoms. The van der Waals surface area contributed by atoms with Crippen LogP contribution in [0.4, 0.5) is 5.69 Å². The molecule has 0 bridgehead atoms. The molecule has 2 aromatic carbocycles. The summed E-state index contributed by atoms with van der Waals surface area (Å²) in [6.45, 7) is 6.30. The van der Waals surface area contributed by atoms with Crippen molar-refractivity contribution < 1.29 is 19.2 Å². The molecule has 0 spiro atoms. The van der Waals surface area contributed by atoms with E-state index in [0.717, 1.165) is 19.3 Å². The normalized spacial score (nSPS) is 14.9. The number of amides is 1. The summed E-state index contributed by atoms with van der Waals surface area (Å²) in [4.78, 5) is 38.0. The summed E-state index contributed by atoms with van der Waals surface area (Å²) in [6.07, 6.45) is 2.78. The third-order valence-electron chi connectivity index (χ3n) is 5.33. The second kappa shape index (κ2) is 9.29. The van der Waals surface area contributed by atoms with E-state index in [1.54, 1.807) is 25.7 Å². The molecular weight excluding hydrogens is 396 g/mol. The van der Waals surface area contributed by atoms with Gasteiger partial charge >= 0.3 is 5.97 Å². The van der Waals surface area contributed by atoms with Crippen LogP contribution in [0.2, 0.25) is 0 Å². The van der Waals surface area contributed by atoms with Crippen LogP contribution in [0.25, 0.3) is 0 Å². The summed E-state index contributed by atoms with van der Waals surface area (Å²) in [5, 5.41) is 11.4. The number of carbonyl (C=O) groups is 2. The minimum atomic E-state index is -0.810. The van der Waals surface area contributed by atoms with E-state index in [1.807, 2.05) is 18.2 Å². The highest BCUT2D eigenvalue weighted by Crippen LogP contribution is 2.26. The Balaban J connectivity index is 1.71. The Morgan fingerprint density at radius 1 is 1.10 bits per heavy atom. The fourth-order valence-electron chi connectivity index (χ4n) is 3.80. The molecule has 0 aromatic heterocycles. The summed E-state index contributed by atoms with van der Waals surface area (Å²) < 4.78 is 5.30. The van der Waals surface area contributed by atoms with E-state index in [0.29, 0.717) is 19.0 Å².